The smallest absolute Gasteiger partial charge is 0.324 e. The third-order valence-electron chi connectivity index (χ3n) is 4.24. The summed E-state index contributed by atoms with van der Waals surface area (Å²) in [6, 6.07) is 5.57. The maximum Gasteiger partial charge on any atom is 0.433 e. The van der Waals surface area contributed by atoms with E-state index in [9.17, 15) is 18.0 Å². The molecular weight excluding hydrogens is 369 g/mol. The number of alkyl halides is 3. The first-order chi connectivity index (χ1) is 12.3. The Morgan fingerprint density at radius 3 is 2.77 bits per heavy atom. The van der Waals surface area contributed by atoms with Gasteiger partial charge in [-0.05, 0) is 36.8 Å². The summed E-state index contributed by atoms with van der Waals surface area (Å²) < 4.78 is 40.8. The van der Waals surface area contributed by atoms with Gasteiger partial charge in [0.25, 0.3) is 0 Å². The van der Waals surface area contributed by atoms with Gasteiger partial charge in [0.1, 0.15) is 16.7 Å². The van der Waals surface area contributed by atoms with Crippen molar-refractivity contribution in [1.29, 1.82) is 0 Å². The van der Waals surface area contributed by atoms with E-state index in [4.69, 9.17) is 11.6 Å². The summed E-state index contributed by atoms with van der Waals surface area (Å²) in [7, 11) is 0. The van der Waals surface area contributed by atoms with Crippen LogP contribution in [-0.2, 0) is 23.9 Å². The first kappa shape index (κ1) is 16.8. The van der Waals surface area contributed by atoms with Gasteiger partial charge in [-0.2, -0.15) is 18.3 Å². The van der Waals surface area contributed by atoms with Crippen LogP contribution in [0.3, 0.4) is 0 Å². The normalized spacial score (nSPS) is 14.0. The first-order valence-corrected chi connectivity index (χ1v) is 8.23. The van der Waals surface area contributed by atoms with E-state index in [1.165, 1.54) is 6.07 Å². The summed E-state index contributed by atoms with van der Waals surface area (Å²) in [5.74, 6) is -0.176. The lowest BCUT2D eigenvalue weighted by Gasteiger charge is -2.10. The van der Waals surface area contributed by atoms with Crippen molar-refractivity contribution in [2.24, 2.45) is 0 Å². The molecule has 0 bridgehead atoms. The lowest BCUT2D eigenvalue weighted by Crippen LogP contribution is -2.07. The zero-order valence-electron chi connectivity index (χ0n) is 13.5. The van der Waals surface area contributed by atoms with Crippen LogP contribution in [0.1, 0.15) is 18.2 Å². The molecule has 0 saturated carbocycles. The number of hydrogen-bond donors (Lipinski definition) is 1. The molecule has 0 saturated heterocycles. The van der Waals surface area contributed by atoms with Crippen LogP contribution in [0.25, 0.3) is 22.3 Å². The van der Waals surface area contributed by atoms with E-state index in [-0.39, 0.29) is 17.8 Å². The average Bonchev–Trinajstić information content (AvgIpc) is 3.12. The Labute approximate surface area is 150 Å². The highest BCUT2D eigenvalue weighted by Crippen LogP contribution is 2.38. The zero-order chi connectivity index (χ0) is 18.6. The number of nitrogens with one attached hydrogen (secondary N) is 1. The number of carbonyl (C=O) groups is 1. The van der Waals surface area contributed by atoms with Gasteiger partial charge in [-0.15, -0.1) is 0 Å². The lowest BCUT2D eigenvalue weighted by atomic mass is 10.0. The Bertz CT molecular complexity index is 1060. The number of aromatic nitrogens is 3. The van der Waals surface area contributed by atoms with Gasteiger partial charge in [0.05, 0.1) is 22.8 Å². The fourth-order valence-electron chi connectivity index (χ4n) is 3.12. The largest absolute Gasteiger partial charge is 0.433 e. The summed E-state index contributed by atoms with van der Waals surface area (Å²) >= 11 is 6.26. The minimum Gasteiger partial charge on any atom is -0.324 e. The molecular formula is C17H12ClF3N4O. The topological polar surface area (TPSA) is 59.8 Å². The number of nitrogens with zero attached hydrogens (tertiary/aromatic N) is 3. The van der Waals surface area contributed by atoms with Crippen molar-refractivity contribution in [2.75, 3.05) is 5.32 Å². The fraction of sp³-hybridized carbons (Fsp3) is 0.235. The Hall–Kier alpha value is -2.61. The van der Waals surface area contributed by atoms with Crippen LogP contribution in [-0.4, -0.2) is 20.7 Å². The van der Waals surface area contributed by atoms with Crippen LogP contribution in [0.15, 0.2) is 24.3 Å². The van der Waals surface area contributed by atoms with Gasteiger partial charge < -0.3 is 5.32 Å². The van der Waals surface area contributed by atoms with Crippen LogP contribution >= 0.6 is 11.6 Å². The van der Waals surface area contributed by atoms with Gasteiger partial charge in [-0.3, -0.25) is 9.48 Å². The van der Waals surface area contributed by atoms with Gasteiger partial charge >= 0.3 is 6.18 Å². The van der Waals surface area contributed by atoms with Crippen LogP contribution in [0, 0.1) is 0 Å². The first-order valence-electron chi connectivity index (χ1n) is 7.85. The van der Waals surface area contributed by atoms with Gasteiger partial charge in [-0.25, -0.2) is 4.98 Å². The van der Waals surface area contributed by atoms with E-state index < -0.39 is 11.9 Å². The highest BCUT2D eigenvalue weighted by Gasteiger charge is 2.33. The molecule has 134 valence electrons. The van der Waals surface area contributed by atoms with Crippen LogP contribution in [0.5, 0.6) is 0 Å². The number of rotatable bonds is 2. The molecule has 5 nitrogen and oxygen atoms in total. The van der Waals surface area contributed by atoms with Gasteiger partial charge in [0.2, 0.25) is 5.91 Å². The quantitative estimate of drug-likeness (QED) is 0.721. The van der Waals surface area contributed by atoms with Crippen LogP contribution < -0.4 is 5.32 Å². The number of amides is 1. The minimum atomic E-state index is -4.55. The Morgan fingerprint density at radius 1 is 1.31 bits per heavy atom. The van der Waals surface area contributed by atoms with E-state index in [1.807, 2.05) is 6.92 Å². The molecule has 0 spiro atoms. The van der Waals surface area contributed by atoms with E-state index in [0.717, 1.165) is 6.07 Å². The standard InChI is InChI=1S/C17H12ClF3N4O/c1-2-25-16(9-5-8-7-13(26)23-14(8)10(18)6-9)15-11(24-25)3-4-12(22-15)17(19,20)21/h3-6H,2,7H2,1H3,(H,23,26). The highest BCUT2D eigenvalue weighted by molar-refractivity contribution is 6.34. The number of anilines is 1. The Kier molecular flexibility index (Phi) is 3.69. The van der Waals surface area contributed by atoms with E-state index in [0.29, 0.717) is 39.6 Å². The molecule has 1 aliphatic heterocycles. The molecule has 2 aromatic heterocycles. The summed E-state index contributed by atoms with van der Waals surface area (Å²) in [6.07, 6.45) is -4.38. The monoisotopic (exact) mass is 380 g/mol. The molecule has 0 radical (unpaired) electrons. The molecule has 1 aromatic carbocycles. The van der Waals surface area contributed by atoms with Crippen molar-refractivity contribution >= 4 is 34.2 Å². The number of halogens is 4. The van der Waals surface area contributed by atoms with E-state index >= 15 is 0 Å². The van der Waals surface area contributed by atoms with Gasteiger partial charge in [-0.1, -0.05) is 11.6 Å². The second kappa shape index (κ2) is 5.70. The molecule has 1 amide bonds. The summed E-state index contributed by atoms with van der Waals surface area (Å²) in [5, 5.41) is 7.33. The predicted octanol–water partition coefficient (Wildman–Crippen LogP) is 4.29. The van der Waals surface area contributed by atoms with Crippen molar-refractivity contribution in [2.45, 2.75) is 26.1 Å². The van der Waals surface area contributed by atoms with Crippen molar-refractivity contribution in [3.05, 3.63) is 40.5 Å². The third kappa shape index (κ3) is 2.61. The third-order valence-corrected chi connectivity index (χ3v) is 4.53. The molecule has 9 heteroatoms. The number of fused-ring (bicyclic) bond motifs is 2. The molecule has 3 aromatic rings. The molecule has 0 aliphatic carbocycles. The maximum absolute atomic E-state index is 13.1. The predicted molar refractivity (Wildman–Crippen MR) is 91.0 cm³/mol. The second-order valence-electron chi connectivity index (χ2n) is 5.94. The van der Waals surface area contributed by atoms with Crippen molar-refractivity contribution < 1.29 is 18.0 Å². The number of hydrogen-bond acceptors (Lipinski definition) is 3. The van der Waals surface area contributed by atoms with Crippen LogP contribution in [0.2, 0.25) is 5.02 Å². The summed E-state index contributed by atoms with van der Waals surface area (Å²) in [5.41, 5.74) is 1.78. The molecule has 1 aliphatic rings. The highest BCUT2D eigenvalue weighted by atomic mass is 35.5. The van der Waals surface area contributed by atoms with Crippen LogP contribution in [0.4, 0.5) is 18.9 Å². The average molecular weight is 381 g/mol. The maximum atomic E-state index is 13.1. The Balaban J connectivity index is 1.97. The molecule has 4 rings (SSSR count). The van der Waals surface area contributed by atoms with Gasteiger partial charge in [0.15, 0.2) is 0 Å². The van der Waals surface area contributed by atoms with E-state index in [1.54, 1.807) is 16.8 Å². The molecule has 0 unspecified atom stereocenters. The number of aryl methyl sites for hydroxylation is 1. The molecule has 0 fully saturated rings. The lowest BCUT2D eigenvalue weighted by molar-refractivity contribution is -0.141. The van der Waals surface area contributed by atoms with Gasteiger partial charge in [0, 0.05) is 12.1 Å². The molecule has 3 heterocycles. The SMILES string of the molecule is CCn1nc2ccc(C(F)(F)F)nc2c1-c1cc(Cl)c2c(c1)CC(=O)N2. The number of benzene rings is 1. The molecule has 26 heavy (non-hydrogen) atoms. The molecule has 0 atom stereocenters. The van der Waals surface area contributed by atoms with E-state index in [2.05, 4.69) is 15.4 Å². The summed E-state index contributed by atoms with van der Waals surface area (Å²) in [4.78, 5) is 15.4. The van der Waals surface area contributed by atoms with Crippen molar-refractivity contribution in [3.8, 4) is 11.3 Å². The zero-order valence-corrected chi connectivity index (χ0v) is 14.2. The van der Waals surface area contributed by atoms with Crippen molar-refractivity contribution in [1.82, 2.24) is 14.8 Å². The van der Waals surface area contributed by atoms with Crippen molar-refractivity contribution in [3.63, 3.8) is 0 Å². The number of carbonyl (C=O) groups excluding carboxylic acids is 1. The number of pyridine rings is 1. The Morgan fingerprint density at radius 2 is 2.08 bits per heavy atom. The fourth-order valence-corrected chi connectivity index (χ4v) is 3.40. The summed E-state index contributed by atoms with van der Waals surface area (Å²) in [6.45, 7) is 2.28. The minimum absolute atomic E-state index is 0.148. The second-order valence-corrected chi connectivity index (χ2v) is 6.35. The molecule has 1 N–H and O–H groups in total.